The summed E-state index contributed by atoms with van der Waals surface area (Å²) in [7, 11) is 7.26. The molecule has 0 atom stereocenters. The zero-order chi connectivity index (χ0) is 13.3. The summed E-state index contributed by atoms with van der Waals surface area (Å²) in [5.41, 5.74) is 1.37. The maximum atomic E-state index is 12.3. The Balaban J connectivity index is 2.43. The lowest BCUT2D eigenvalue weighted by molar-refractivity contribution is 0.0823. The number of amides is 1. The standard InChI is InChI=1S/C13H19N3O2/c1-15(2)10-7-14-8-11(18-9-5-6-9)12(10)13(17)16(3)4/h7-9H,5-6H2,1-4H3. The third-order valence-corrected chi connectivity index (χ3v) is 2.81. The zero-order valence-corrected chi connectivity index (χ0v) is 11.3. The number of hydrogen-bond acceptors (Lipinski definition) is 4. The second-order valence-corrected chi connectivity index (χ2v) is 4.94. The molecule has 1 amide bonds. The van der Waals surface area contributed by atoms with Gasteiger partial charge in [-0.25, -0.2) is 0 Å². The lowest BCUT2D eigenvalue weighted by atomic mass is 10.1. The fourth-order valence-corrected chi connectivity index (χ4v) is 1.66. The molecule has 2 rings (SSSR count). The van der Waals surface area contributed by atoms with Gasteiger partial charge in [-0.15, -0.1) is 0 Å². The molecule has 1 aromatic rings. The van der Waals surface area contributed by atoms with E-state index in [1.807, 2.05) is 19.0 Å². The number of pyridine rings is 1. The second-order valence-electron chi connectivity index (χ2n) is 4.94. The number of hydrogen-bond donors (Lipinski definition) is 0. The van der Waals surface area contributed by atoms with Crippen molar-refractivity contribution in [3.8, 4) is 5.75 Å². The number of carbonyl (C=O) groups excluding carboxylic acids is 1. The number of rotatable bonds is 4. The highest BCUT2D eigenvalue weighted by Gasteiger charge is 2.28. The van der Waals surface area contributed by atoms with Gasteiger partial charge in [0.15, 0.2) is 5.75 Å². The Morgan fingerprint density at radius 3 is 2.44 bits per heavy atom. The van der Waals surface area contributed by atoms with Gasteiger partial charge in [-0.2, -0.15) is 0 Å². The van der Waals surface area contributed by atoms with E-state index >= 15 is 0 Å². The smallest absolute Gasteiger partial charge is 0.259 e. The number of carbonyl (C=O) groups is 1. The van der Waals surface area contributed by atoms with Gasteiger partial charge < -0.3 is 14.5 Å². The molecule has 1 aliphatic rings. The molecule has 5 nitrogen and oxygen atoms in total. The highest BCUT2D eigenvalue weighted by atomic mass is 16.5. The van der Waals surface area contributed by atoms with Crippen molar-refractivity contribution in [1.82, 2.24) is 9.88 Å². The molecule has 0 spiro atoms. The lowest BCUT2D eigenvalue weighted by Gasteiger charge is -2.21. The largest absolute Gasteiger partial charge is 0.488 e. The predicted molar refractivity (Wildman–Crippen MR) is 70.2 cm³/mol. The first-order valence-corrected chi connectivity index (χ1v) is 6.04. The summed E-state index contributed by atoms with van der Waals surface area (Å²) >= 11 is 0. The van der Waals surface area contributed by atoms with E-state index in [4.69, 9.17) is 4.74 Å². The predicted octanol–water partition coefficient (Wildman–Crippen LogP) is 1.39. The summed E-state index contributed by atoms with van der Waals surface area (Å²) in [6.45, 7) is 0. The molecule has 0 unspecified atom stereocenters. The van der Waals surface area contributed by atoms with E-state index in [-0.39, 0.29) is 12.0 Å². The number of ether oxygens (including phenoxy) is 1. The van der Waals surface area contributed by atoms with Crippen molar-refractivity contribution >= 4 is 11.6 Å². The molecule has 1 heterocycles. The Morgan fingerprint density at radius 1 is 1.28 bits per heavy atom. The molecule has 1 fully saturated rings. The maximum Gasteiger partial charge on any atom is 0.259 e. The molecule has 0 N–H and O–H groups in total. The van der Waals surface area contributed by atoms with Crippen LogP contribution in [-0.4, -0.2) is 50.1 Å². The van der Waals surface area contributed by atoms with Crippen molar-refractivity contribution in [3.63, 3.8) is 0 Å². The molecule has 1 aromatic heterocycles. The summed E-state index contributed by atoms with van der Waals surface area (Å²) in [5, 5.41) is 0. The van der Waals surface area contributed by atoms with Crippen LogP contribution in [-0.2, 0) is 0 Å². The topological polar surface area (TPSA) is 45.7 Å². The van der Waals surface area contributed by atoms with Crippen LogP contribution in [0.25, 0.3) is 0 Å². The zero-order valence-electron chi connectivity index (χ0n) is 11.3. The number of nitrogens with zero attached hydrogens (tertiary/aromatic N) is 3. The van der Waals surface area contributed by atoms with E-state index in [9.17, 15) is 4.79 Å². The van der Waals surface area contributed by atoms with Crippen LogP contribution in [0.4, 0.5) is 5.69 Å². The van der Waals surface area contributed by atoms with E-state index in [1.165, 1.54) is 0 Å². The van der Waals surface area contributed by atoms with Gasteiger partial charge in [0.2, 0.25) is 0 Å². The SMILES string of the molecule is CN(C)C(=O)c1c(OC2CC2)cncc1N(C)C. The second kappa shape index (κ2) is 4.84. The van der Waals surface area contributed by atoms with Gasteiger partial charge in [-0.05, 0) is 12.8 Å². The Morgan fingerprint density at radius 2 is 1.94 bits per heavy atom. The summed E-state index contributed by atoms with van der Waals surface area (Å²) in [5.74, 6) is 0.527. The van der Waals surface area contributed by atoms with Crippen molar-refractivity contribution in [2.75, 3.05) is 33.1 Å². The fourth-order valence-electron chi connectivity index (χ4n) is 1.66. The number of aromatic nitrogens is 1. The van der Waals surface area contributed by atoms with Crippen LogP contribution in [0.3, 0.4) is 0 Å². The summed E-state index contributed by atoms with van der Waals surface area (Å²) in [4.78, 5) is 19.9. The molecule has 0 aliphatic heterocycles. The van der Waals surface area contributed by atoms with Gasteiger partial charge in [0, 0.05) is 28.2 Å². The van der Waals surface area contributed by atoms with Crippen LogP contribution >= 0.6 is 0 Å². The first kappa shape index (κ1) is 12.7. The highest BCUT2D eigenvalue weighted by molar-refractivity contribution is 6.02. The van der Waals surface area contributed by atoms with E-state index in [2.05, 4.69) is 4.98 Å². The van der Waals surface area contributed by atoms with Gasteiger partial charge in [0.1, 0.15) is 5.56 Å². The minimum absolute atomic E-state index is 0.0586. The molecule has 0 saturated heterocycles. The van der Waals surface area contributed by atoms with Crippen molar-refractivity contribution in [3.05, 3.63) is 18.0 Å². The molecular formula is C13H19N3O2. The van der Waals surface area contributed by atoms with E-state index in [0.29, 0.717) is 11.3 Å². The van der Waals surface area contributed by atoms with Crippen LogP contribution in [0.15, 0.2) is 12.4 Å². The molecule has 5 heteroatoms. The molecule has 0 aromatic carbocycles. The first-order chi connectivity index (χ1) is 8.50. The van der Waals surface area contributed by atoms with Crippen molar-refractivity contribution in [2.24, 2.45) is 0 Å². The molecule has 18 heavy (non-hydrogen) atoms. The maximum absolute atomic E-state index is 12.3. The molecule has 98 valence electrons. The Hall–Kier alpha value is -1.78. The van der Waals surface area contributed by atoms with E-state index in [1.54, 1.807) is 31.4 Å². The van der Waals surface area contributed by atoms with E-state index in [0.717, 1.165) is 18.5 Å². The monoisotopic (exact) mass is 249 g/mol. The summed E-state index contributed by atoms with van der Waals surface area (Å²) < 4.78 is 5.78. The Kier molecular flexibility index (Phi) is 3.41. The highest BCUT2D eigenvalue weighted by Crippen LogP contribution is 2.33. The lowest BCUT2D eigenvalue weighted by Crippen LogP contribution is -2.25. The Bertz CT molecular complexity index is 454. The van der Waals surface area contributed by atoms with Crippen LogP contribution < -0.4 is 9.64 Å². The molecular weight excluding hydrogens is 230 g/mol. The van der Waals surface area contributed by atoms with Crippen LogP contribution in [0.2, 0.25) is 0 Å². The van der Waals surface area contributed by atoms with Gasteiger partial charge in [-0.3, -0.25) is 9.78 Å². The third kappa shape index (κ3) is 2.55. The average Bonchev–Trinajstić information content (AvgIpc) is 3.11. The van der Waals surface area contributed by atoms with Gasteiger partial charge in [-0.1, -0.05) is 0 Å². The van der Waals surface area contributed by atoms with Crippen LogP contribution in [0, 0.1) is 0 Å². The quantitative estimate of drug-likeness (QED) is 0.809. The summed E-state index contributed by atoms with van der Waals surface area (Å²) in [6, 6.07) is 0. The van der Waals surface area contributed by atoms with Gasteiger partial charge in [0.05, 0.1) is 24.2 Å². The molecule has 0 bridgehead atoms. The normalized spacial score (nSPS) is 14.2. The molecule has 0 radical (unpaired) electrons. The van der Waals surface area contributed by atoms with E-state index < -0.39 is 0 Å². The van der Waals surface area contributed by atoms with Gasteiger partial charge in [0.25, 0.3) is 5.91 Å². The van der Waals surface area contributed by atoms with Crippen LogP contribution in [0.5, 0.6) is 5.75 Å². The van der Waals surface area contributed by atoms with Crippen molar-refractivity contribution in [1.29, 1.82) is 0 Å². The van der Waals surface area contributed by atoms with Gasteiger partial charge >= 0.3 is 0 Å². The minimum atomic E-state index is -0.0586. The van der Waals surface area contributed by atoms with Crippen LogP contribution in [0.1, 0.15) is 23.2 Å². The summed E-state index contributed by atoms with van der Waals surface area (Å²) in [6.07, 6.45) is 5.68. The minimum Gasteiger partial charge on any atom is -0.488 e. The van der Waals surface area contributed by atoms with Crippen molar-refractivity contribution < 1.29 is 9.53 Å². The van der Waals surface area contributed by atoms with Crippen molar-refractivity contribution in [2.45, 2.75) is 18.9 Å². The average molecular weight is 249 g/mol. The first-order valence-electron chi connectivity index (χ1n) is 6.04. The molecule has 1 aliphatic carbocycles. The third-order valence-electron chi connectivity index (χ3n) is 2.81. The number of anilines is 1. The Labute approximate surface area is 107 Å². The fraction of sp³-hybridized carbons (Fsp3) is 0.538. The molecule has 1 saturated carbocycles.